The van der Waals surface area contributed by atoms with Gasteiger partial charge >= 0.3 is 0 Å². The number of benzene rings is 1. The molecule has 88 valence electrons. The summed E-state index contributed by atoms with van der Waals surface area (Å²) in [5, 5.41) is 9.38. The summed E-state index contributed by atoms with van der Waals surface area (Å²) in [4.78, 5) is 3.42. The molecular weight excluding hydrogens is 220 g/mol. The number of nitriles is 1. The van der Waals surface area contributed by atoms with Crippen LogP contribution in [0.2, 0.25) is 0 Å². The maximum Gasteiger partial charge on any atom is 0.102 e. The second-order valence-corrected chi connectivity index (χ2v) is 4.69. The fraction of sp³-hybridized carbons (Fsp3) is 0.188. The Hall–Kier alpha value is -2.27. The van der Waals surface area contributed by atoms with Gasteiger partial charge in [-0.25, -0.2) is 0 Å². The van der Waals surface area contributed by atoms with Crippen LogP contribution in [-0.2, 0) is 6.42 Å². The topological polar surface area (TPSA) is 39.6 Å². The molecule has 1 aliphatic rings. The Balaban J connectivity index is 2.18. The van der Waals surface area contributed by atoms with Crippen LogP contribution in [-0.4, -0.2) is 4.98 Å². The van der Waals surface area contributed by atoms with E-state index in [-0.39, 0.29) is 0 Å². The first kappa shape index (κ1) is 10.9. The molecule has 0 saturated carbocycles. The van der Waals surface area contributed by atoms with Gasteiger partial charge in [0.15, 0.2) is 0 Å². The van der Waals surface area contributed by atoms with E-state index in [4.69, 9.17) is 0 Å². The maximum atomic E-state index is 9.38. The van der Waals surface area contributed by atoms with E-state index >= 15 is 0 Å². The number of aromatic amines is 1. The molecule has 1 aromatic heterocycles. The van der Waals surface area contributed by atoms with E-state index in [0.29, 0.717) is 0 Å². The first-order valence-electron chi connectivity index (χ1n) is 6.18. The van der Waals surface area contributed by atoms with Gasteiger partial charge in [-0.2, -0.15) is 5.26 Å². The minimum Gasteiger partial charge on any atom is -0.357 e. The number of allylic oxidation sites excluding steroid dienone is 1. The number of aryl methyl sites for hydroxylation is 2. The average molecular weight is 234 g/mol. The number of aromatic nitrogens is 1. The molecule has 2 nitrogen and oxygen atoms in total. The third kappa shape index (κ3) is 1.65. The van der Waals surface area contributed by atoms with E-state index in [1.54, 1.807) is 0 Å². The lowest BCUT2D eigenvalue weighted by atomic mass is 9.99. The Morgan fingerprint density at radius 1 is 1.22 bits per heavy atom. The number of fused-ring (bicyclic) bond motifs is 1. The molecule has 0 atom stereocenters. The van der Waals surface area contributed by atoms with Gasteiger partial charge in [0, 0.05) is 11.3 Å². The molecular formula is C16H14N2. The third-order valence-electron chi connectivity index (χ3n) is 3.42. The molecule has 2 aromatic rings. The van der Waals surface area contributed by atoms with Crippen molar-refractivity contribution in [2.45, 2.75) is 19.8 Å². The largest absolute Gasteiger partial charge is 0.357 e. The normalized spacial score (nSPS) is 13.1. The highest BCUT2D eigenvalue weighted by Gasteiger charge is 2.17. The SMILES string of the molecule is Cc1ccc(-c2[nH]c3c(c2C#N)C=CCC3)cc1. The molecule has 0 amide bonds. The average Bonchev–Trinajstić information content (AvgIpc) is 2.78. The van der Waals surface area contributed by atoms with E-state index in [1.165, 1.54) is 11.3 Å². The van der Waals surface area contributed by atoms with Crippen molar-refractivity contribution < 1.29 is 0 Å². The lowest BCUT2D eigenvalue weighted by Gasteiger charge is -2.02. The number of rotatable bonds is 1. The summed E-state index contributed by atoms with van der Waals surface area (Å²) in [6.07, 6.45) is 6.24. The van der Waals surface area contributed by atoms with Crippen molar-refractivity contribution in [2.75, 3.05) is 0 Å². The predicted molar refractivity (Wildman–Crippen MR) is 73.0 cm³/mol. The van der Waals surface area contributed by atoms with Gasteiger partial charge in [-0.05, 0) is 25.3 Å². The quantitative estimate of drug-likeness (QED) is 0.800. The molecule has 0 bridgehead atoms. The summed E-state index contributed by atoms with van der Waals surface area (Å²) >= 11 is 0. The molecule has 0 unspecified atom stereocenters. The second kappa shape index (κ2) is 4.19. The van der Waals surface area contributed by atoms with Crippen LogP contribution in [0.5, 0.6) is 0 Å². The summed E-state index contributed by atoms with van der Waals surface area (Å²) in [6, 6.07) is 10.6. The number of hydrogen-bond donors (Lipinski definition) is 1. The van der Waals surface area contributed by atoms with Crippen molar-refractivity contribution >= 4 is 6.08 Å². The highest BCUT2D eigenvalue weighted by Crippen LogP contribution is 2.31. The van der Waals surface area contributed by atoms with Crippen LogP contribution >= 0.6 is 0 Å². The molecule has 2 heteroatoms. The summed E-state index contributed by atoms with van der Waals surface area (Å²) in [6.45, 7) is 2.07. The molecule has 0 radical (unpaired) electrons. The van der Waals surface area contributed by atoms with Gasteiger partial charge in [-0.15, -0.1) is 0 Å². The Bertz CT molecular complexity index is 652. The fourth-order valence-corrected chi connectivity index (χ4v) is 2.43. The Labute approximate surface area is 107 Å². The minimum absolute atomic E-state index is 0.768. The zero-order valence-corrected chi connectivity index (χ0v) is 10.3. The van der Waals surface area contributed by atoms with Gasteiger partial charge in [-0.3, -0.25) is 0 Å². The number of hydrogen-bond acceptors (Lipinski definition) is 1. The van der Waals surface area contributed by atoms with Crippen LogP contribution in [0.3, 0.4) is 0 Å². The van der Waals surface area contributed by atoms with Crippen LogP contribution < -0.4 is 0 Å². The number of nitrogens with zero attached hydrogens (tertiary/aromatic N) is 1. The zero-order valence-electron chi connectivity index (χ0n) is 10.3. The van der Waals surface area contributed by atoms with Crippen LogP contribution in [0.4, 0.5) is 0 Å². The lowest BCUT2D eigenvalue weighted by molar-refractivity contribution is 0.946. The van der Waals surface area contributed by atoms with Crippen LogP contribution in [0, 0.1) is 18.3 Å². The van der Waals surface area contributed by atoms with Crippen molar-refractivity contribution in [1.29, 1.82) is 5.26 Å². The lowest BCUT2D eigenvalue weighted by Crippen LogP contribution is -1.91. The summed E-state index contributed by atoms with van der Waals surface area (Å²) < 4.78 is 0. The van der Waals surface area contributed by atoms with Crippen molar-refractivity contribution in [2.24, 2.45) is 0 Å². The van der Waals surface area contributed by atoms with Crippen molar-refractivity contribution in [3.63, 3.8) is 0 Å². The van der Waals surface area contributed by atoms with E-state index in [0.717, 1.165) is 35.2 Å². The van der Waals surface area contributed by atoms with Gasteiger partial charge in [-0.1, -0.05) is 42.0 Å². The summed E-state index contributed by atoms with van der Waals surface area (Å²) in [5.41, 5.74) is 6.29. The van der Waals surface area contributed by atoms with Gasteiger partial charge in [0.2, 0.25) is 0 Å². The van der Waals surface area contributed by atoms with E-state index in [9.17, 15) is 5.26 Å². The van der Waals surface area contributed by atoms with Crippen molar-refractivity contribution in [1.82, 2.24) is 4.98 Å². The van der Waals surface area contributed by atoms with Crippen LogP contribution in [0.1, 0.15) is 28.8 Å². The van der Waals surface area contributed by atoms with E-state index in [2.05, 4.69) is 54.4 Å². The summed E-state index contributed by atoms with van der Waals surface area (Å²) in [5.74, 6) is 0. The first-order chi connectivity index (χ1) is 8.79. The van der Waals surface area contributed by atoms with Gasteiger partial charge in [0.1, 0.15) is 6.07 Å². The van der Waals surface area contributed by atoms with E-state index in [1.807, 2.05) is 0 Å². The Morgan fingerprint density at radius 2 is 2.00 bits per heavy atom. The van der Waals surface area contributed by atoms with Crippen molar-refractivity contribution in [3.8, 4) is 17.3 Å². The van der Waals surface area contributed by atoms with Crippen molar-refractivity contribution in [3.05, 3.63) is 52.7 Å². The molecule has 0 saturated heterocycles. The first-order valence-corrected chi connectivity index (χ1v) is 6.18. The number of nitrogens with one attached hydrogen (secondary N) is 1. The van der Waals surface area contributed by atoms with E-state index < -0.39 is 0 Å². The predicted octanol–water partition coefficient (Wildman–Crippen LogP) is 3.82. The highest BCUT2D eigenvalue weighted by atomic mass is 14.7. The maximum absolute atomic E-state index is 9.38. The number of H-pyrrole nitrogens is 1. The van der Waals surface area contributed by atoms with Gasteiger partial charge < -0.3 is 4.98 Å². The second-order valence-electron chi connectivity index (χ2n) is 4.69. The molecule has 3 rings (SSSR count). The molecule has 0 spiro atoms. The standard InChI is InChI=1S/C16H14N2/c1-11-6-8-12(9-7-11)16-14(10-17)13-4-2-3-5-15(13)18-16/h2,4,6-9,18H,3,5H2,1H3. The molecule has 1 aromatic carbocycles. The Morgan fingerprint density at radius 3 is 2.72 bits per heavy atom. The molecule has 1 N–H and O–H groups in total. The molecule has 1 heterocycles. The monoisotopic (exact) mass is 234 g/mol. The smallest absolute Gasteiger partial charge is 0.102 e. The molecule has 1 aliphatic carbocycles. The van der Waals surface area contributed by atoms with Crippen LogP contribution in [0.15, 0.2) is 30.3 Å². The zero-order chi connectivity index (χ0) is 12.5. The Kier molecular flexibility index (Phi) is 2.53. The summed E-state index contributed by atoms with van der Waals surface area (Å²) in [7, 11) is 0. The molecule has 0 aliphatic heterocycles. The van der Waals surface area contributed by atoms with Gasteiger partial charge in [0.05, 0.1) is 11.3 Å². The molecule has 18 heavy (non-hydrogen) atoms. The highest BCUT2D eigenvalue weighted by molar-refractivity contribution is 5.76. The minimum atomic E-state index is 0.768. The van der Waals surface area contributed by atoms with Crippen LogP contribution in [0.25, 0.3) is 17.3 Å². The third-order valence-corrected chi connectivity index (χ3v) is 3.42. The fourth-order valence-electron chi connectivity index (χ4n) is 2.43. The molecule has 0 fully saturated rings. The van der Waals surface area contributed by atoms with Gasteiger partial charge in [0.25, 0.3) is 0 Å².